The minimum Gasteiger partial charge on any atom is -0.481 e. The van der Waals surface area contributed by atoms with Gasteiger partial charge >= 0.3 is 5.97 Å². The zero-order valence-corrected chi connectivity index (χ0v) is 12.1. The number of hydrogen-bond acceptors (Lipinski definition) is 6. The van der Waals surface area contributed by atoms with Gasteiger partial charge in [-0.1, -0.05) is 0 Å². The lowest BCUT2D eigenvalue weighted by atomic mass is 10.3. The molecule has 108 valence electrons. The first-order valence-electron chi connectivity index (χ1n) is 6.01. The Bertz CT molecular complexity index is 376. The topological polar surface area (TPSA) is 71.9 Å². The molecule has 0 spiro atoms. The van der Waals surface area contributed by atoms with Crippen molar-refractivity contribution >= 4 is 17.3 Å². The van der Waals surface area contributed by atoms with E-state index in [4.69, 9.17) is 14.6 Å². The molecule has 0 aliphatic heterocycles. The van der Waals surface area contributed by atoms with Crippen molar-refractivity contribution < 1.29 is 19.4 Å². The van der Waals surface area contributed by atoms with Gasteiger partial charge in [-0.05, 0) is 0 Å². The Morgan fingerprint density at radius 1 is 1.37 bits per heavy atom. The number of hydrogen-bond donors (Lipinski definition) is 1. The van der Waals surface area contributed by atoms with E-state index in [1.165, 1.54) is 11.3 Å². The van der Waals surface area contributed by atoms with E-state index in [0.717, 1.165) is 18.1 Å². The van der Waals surface area contributed by atoms with Crippen LogP contribution in [0.15, 0.2) is 5.38 Å². The van der Waals surface area contributed by atoms with Crippen LogP contribution < -0.4 is 0 Å². The Morgan fingerprint density at radius 2 is 2.00 bits per heavy atom. The van der Waals surface area contributed by atoms with Crippen LogP contribution in [0.4, 0.5) is 0 Å². The fourth-order valence-electron chi connectivity index (χ4n) is 1.56. The molecule has 1 heterocycles. The molecule has 7 heteroatoms. The van der Waals surface area contributed by atoms with Crippen LogP contribution in [0.3, 0.4) is 0 Å². The molecule has 1 N–H and O–H groups in total. The third-order valence-electron chi connectivity index (χ3n) is 2.51. The van der Waals surface area contributed by atoms with Crippen molar-refractivity contribution in [2.24, 2.45) is 0 Å². The number of aliphatic carboxylic acids is 1. The Morgan fingerprint density at radius 3 is 2.53 bits per heavy atom. The molecule has 0 radical (unpaired) electrons. The van der Waals surface area contributed by atoms with Crippen LogP contribution in [0, 0.1) is 0 Å². The van der Waals surface area contributed by atoms with Crippen molar-refractivity contribution in [3.05, 3.63) is 16.1 Å². The molecule has 0 unspecified atom stereocenters. The molecule has 0 saturated carbocycles. The van der Waals surface area contributed by atoms with E-state index in [9.17, 15) is 4.79 Å². The minimum absolute atomic E-state index is 0.0212. The average molecular weight is 288 g/mol. The number of thiazole rings is 1. The van der Waals surface area contributed by atoms with Gasteiger partial charge in [-0.2, -0.15) is 0 Å². The van der Waals surface area contributed by atoms with Crippen LogP contribution in [0.5, 0.6) is 0 Å². The van der Waals surface area contributed by atoms with Crippen molar-refractivity contribution in [3.63, 3.8) is 0 Å². The normalized spacial score (nSPS) is 11.1. The zero-order chi connectivity index (χ0) is 14.1. The zero-order valence-electron chi connectivity index (χ0n) is 11.3. The van der Waals surface area contributed by atoms with Gasteiger partial charge in [-0.3, -0.25) is 9.69 Å². The Kier molecular flexibility index (Phi) is 7.57. The van der Waals surface area contributed by atoms with Crippen molar-refractivity contribution in [2.45, 2.75) is 13.0 Å². The summed E-state index contributed by atoms with van der Waals surface area (Å²) in [6.07, 6.45) is -0.0212. The molecule has 0 aliphatic carbocycles. The fourth-order valence-corrected chi connectivity index (χ4v) is 2.39. The summed E-state index contributed by atoms with van der Waals surface area (Å²) in [6.45, 7) is 3.59. The Balaban J connectivity index is 2.51. The number of ether oxygens (including phenoxy) is 2. The van der Waals surface area contributed by atoms with Crippen LogP contribution in [0.1, 0.15) is 10.7 Å². The number of aromatic nitrogens is 1. The van der Waals surface area contributed by atoms with E-state index in [1.807, 2.05) is 0 Å². The van der Waals surface area contributed by atoms with E-state index in [-0.39, 0.29) is 6.42 Å². The fraction of sp³-hybridized carbons (Fsp3) is 0.667. The third-order valence-corrected chi connectivity index (χ3v) is 3.40. The van der Waals surface area contributed by atoms with Gasteiger partial charge in [0.2, 0.25) is 0 Å². The largest absolute Gasteiger partial charge is 0.481 e. The van der Waals surface area contributed by atoms with Crippen LogP contribution in [0.25, 0.3) is 0 Å². The van der Waals surface area contributed by atoms with Crippen LogP contribution in [-0.4, -0.2) is 61.5 Å². The molecule has 0 saturated heterocycles. The maximum atomic E-state index is 10.6. The predicted molar refractivity (Wildman–Crippen MR) is 72.5 cm³/mol. The highest BCUT2D eigenvalue weighted by molar-refractivity contribution is 7.09. The lowest BCUT2D eigenvalue weighted by Gasteiger charge is -2.20. The predicted octanol–water partition coefficient (Wildman–Crippen LogP) is 0.865. The van der Waals surface area contributed by atoms with E-state index in [0.29, 0.717) is 25.5 Å². The van der Waals surface area contributed by atoms with Crippen molar-refractivity contribution in [3.8, 4) is 0 Å². The second kappa shape index (κ2) is 8.98. The van der Waals surface area contributed by atoms with E-state index >= 15 is 0 Å². The van der Waals surface area contributed by atoms with E-state index < -0.39 is 5.97 Å². The number of carboxylic acids is 1. The molecular formula is C12H20N2O4S. The molecule has 19 heavy (non-hydrogen) atoms. The van der Waals surface area contributed by atoms with Gasteiger partial charge in [0.15, 0.2) is 0 Å². The monoisotopic (exact) mass is 288 g/mol. The van der Waals surface area contributed by atoms with Crippen molar-refractivity contribution in [1.82, 2.24) is 9.88 Å². The van der Waals surface area contributed by atoms with Crippen molar-refractivity contribution in [1.29, 1.82) is 0 Å². The van der Waals surface area contributed by atoms with Crippen LogP contribution in [-0.2, 0) is 27.2 Å². The first-order valence-corrected chi connectivity index (χ1v) is 6.89. The molecular weight excluding hydrogens is 268 g/mol. The standard InChI is InChI=1S/C12H20N2O4S/c1-17-5-3-14(4-6-18-2)8-11-13-10(9-19-11)7-12(15)16/h9H,3-8H2,1-2H3,(H,15,16). The first-order chi connectivity index (χ1) is 9.15. The number of rotatable bonds is 10. The Hall–Kier alpha value is -1.02. The SMILES string of the molecule is COCCN(CCOC)Cc1nc(CC(=O)O)cs1. The second-order valence-corrected chi connectivity index (χ2v) is 5.01. The lowest BCUT2D eigenvalue weighted by molar-refractivity contribution is -0.136. The summed E-state index contributed by atoms with van der Waals surface area (Å²) in [7, 11) is 3.34. The maximum Gasteiger partial charge on any atom is 0.309 e. The second-order valence-electron chi connectivity index (χ2n) is 4.06. The highest BCUT2D eigenvalue weighted by atomic mass is 32.1. The quantitative estimate of drug-likeness (QED) is 0.688. The molecule has 0 amide bonds. The van der Waals surface area contributed by atoms with Gasteiger partial charge in [0.05, 0.1) is 31.9 Å². The molecule has 0 aliphatic rings. The maximum absolute atomic E-state index is 10.6. The lowest BCUT2D eigenvalue weighted by Crippen LogP contribution is -2.30. The summed E-state index contributed by atoms with van der Waals surface area (Å²) in [5.41, 5.74) is 0.617. The molecule has 1 rings (SSSR count). The highest BCUT2D eigenvalue weighted by Crippen LogP contribution is 2.13. The number of carbonyl (C=O) groups is 1. The summed E-state index contributed by atoms with van der Waals surface area (Å²) < 4.78 is 10.1. The summed E-state index contributed by atoms with van der Waals surface area (Å²) in [5.74, 6) is -0.854. The average Bonchev–Trinajstić information content (AvgIpc) is 2.79. The first kappa shape index (κ1) is 16.0. The molecule has 0 fully saturated rings. The smallest absolute Gasteiger partial charge is 0.309 e. The van der Waals surface area contributed by atoms with Gasteiger partial charge in [0, 0.05) is 32.7 Å². The van der Waals surface area contributed by atoms with Gasteiger partial charge < -0.3 is 14.6 Å². The molecule has 0 bridgehead atoms. The summed E-state index contributed by atoms with van der Waals surface area (Å²) in [4.78, 5) is 17.1. The molecule has 1 aromatic heterocycles. The van der Waals surface area contributed by atoms with Gasteiger partial charge in [0.25, 0.3) is 0 Å². The molecule has 6 nitrogen and oxygen atoms in total. The van der Waals surface area contributed by atoms with Crippen LogP contribution >= 0.6 is 11.3 Å². The van der Waals surface area contributed by atoms with Gasteiger partial charge in [0.1, 0.15) is 5.01 Å². The summed E-state index contributed by atoms with van der Waals surface area (Å²) in [6, 6.07) is 0. The number of methoxy groups -OCH3 is 2. The summed E-state index contributed by atoms with van der Waals surface area (Å²) in [5, 5.41) is 11.4. The minimum atomic E-state index is -0.854. The highest BCUT2D eigenvalue weighted by Gasteiger charge is 2.10. The number of nitrogens with zero attached hydrogens (tertiary/aromatic N) is 2. The van der Waals surface area contributed by atoms with Gasteiger partial charge in [-0.25, -0.2) is 4.98 Å². The van der Waals surface area contributed by atoms with Crippen molar-refractivity contribution in [2.75, 3.05) is 40.5 Å². The molecule has 0 atom stereocenters. The van der Waals surface area contributed by atoms with Crippen LogP contribution in [0.2, 0.25) is 0 Å². The Labute approximate surface area is 117 Å². The number of carboxylic acid groups (broad SMARTS) is 1. The van der Waals surface area contributed by atoms with Gasteiger partial charge in [-0.15, -0.1) is 11.3 Å². The summed E-state index contributed by atoms with van der Waals surface area (Å²) >= 11 is 1.49. The van der Waals surface area contributed by atoms with E-state index in [1.54, 1.807) is 19.6 Å². The molecule has 1 aromatic rings. The third kappa shape index (κ3) is 6.63. The molecule has 0 aromatic carbocycles. The van der Waals surface area contributed by atoms with E-state index in [2.05, 4.69) is 9.88 Å².